The van der Waals surface area contributed by atoms with E-state index in [1.807, 2.05) is 0 Å². The van der Waals surface area contributed by atoms with Crippen LogP contribution < -0.4 is 22.9 Å². The Morgan fingerprint density at radius 2 is 1.62 bits per heavy atom. The molecule has 0 aromatic rings. The minimum absolute atomic E-state index is 0.153. The van der Waals surface area contributed by atoms with Crippen LogP contribution in [0.2, 0.25) is 0 Å². The number of rotatable bonds is 1. The molecule has 1 rings (SSSR count). The van der Waals surface area contributed by atoms with Crippen LogP contribution in [0.25, 0.3) is 0 Å². The molecule has 0 amide bonds. The van der Waals surface area contributed by atoms with Crippen molar-refractivity contribution >= 4 is 0 Å². The fraction of sp³-hybridized carbons (Fsp3) is 1.00. The Balaban J connectivity index is 2.55. The number of nitrogens with two attached hydrogens (primary N) is 4. The molecular weight excluding hydrogens is 108 g/mol. The lowest BCUT2D eigenvalue weighted by Gasteiger charge is -2.01. The van der Waals surface area contributed by atoms with E-state index in [1.54, 1.807) is 0 Å². The third-order valence-electron chi connectivity index (χ3n) is 1.27. The summed E-state index contributed by atoms with van der Waals surface area (Å²) in [6.45, 7) is 0.153. The van der Waals surface area contributed by atoms with Gasteiger partial charge < -0.3 is 10.5 Å². The van der Waals surface area contributed by atoms with Gasteiger partial charge in [0, 0.05) is 6.54 Å². The third kappa shape index (κ3) is 0.535. The Hall–Kier alpha value is -0.200. The highest BCUT2D eigenvalue weighted by atomic mass is 16.7. The van der Waals surface area contributed by atoms with E-state index in [2.05, 4.69) is 4.74 Å². The van der Waals surface area contributed by atoms with Gasteiger partial charge >= 0.3 is 0 Å². The van der Waals surface area contributed by atoms with Gasteiger partial charge in [-0.25, -0.2) is 0 Å². The fourth-order valence-electron chi connectivity index (χ4n) is 0.477. The zero-order chi connectivity index (χ0) is 6.41. The first-order valence-corrected chi connectivity index (χ1v) is 2.29. The summed E-state index contributed by atoms with van der Waals surface area (Å²) < 4.78 is 4.65. The van der Waals surface area contributed by atoms with E-state index in [4.69, 9.17) is 22.9 Å². The van der Waals surface area contributed by atoms with E-state index < -0.39 is 11.6 Å². The topological polar surface area (TPSA) is 117 Å². The van der Waals surface area contributed by atoms with Crippen LogP contribution in [-0.4, -0.2) is 18.1 Å². The molecule has 0 saturated carbocycles. The van der Waals surface area contributed by atoms with E-state index >= 15 is 0 Å². The summed E-state index contributed by atoms with van der Waals surface area (Å²) in [7, 11) is 0. The Kier molecular flexibility index (Phi) is 0.890. The highest BCUT2D eigenvalue weighted by Crippen LogP contribution is 2.32. The summed E-state index contributed by atoms with van der Waals surface area (Å²) in [5.74, 6) is -1.19. The van der Waals surface area contributed by atoms with Crippen LogP contribution in [0.3, 0.4) is 0 Å². The van der Waals surface area contributed by atoms with Crippen LogP contribution >= 0.6 is 0 Å². The van der Waals surface area contributed by atoms with Gasteiger partial charge in [-0.1, -0.05) is 0 Å². The van der Waals surface area contributed by atoms with Crippen molar-refractivity contribution in [3.8, 4) is 0 Å². The lowest BCUT2D eigenvalue weighted by Crippen LogP contribution is -2.51. The van der Waals surface area contributed by atoms with Gasteiger partial charge in [-0.2, -0.15) is 0 Å². The standard InChI is InChI=1S/C3H10N4O/c4-1-2(5)3(6,7)8-2/h1,4-7H2. The molecule has 1 aliphatic heterocycles. The predicted molar refractivity (Wildman–Crippen MR) is 28.2 cm³/mol. The van der Waals surface area contributed by atoms with Crippen LogP contribution in [0.1, 0.15) is 0 Å². The van der Waals surface area contributed by atoms with Gasteiger partial charge in [-0.3, -0.25) is 17.2 Å². The lowest BCUT2D eigenvalue weighted by atomic mass is 10.3. The normalized spacial score (nSPS) is 42.0. The average molecular weight is 118 g/mol. The summed E-state index contributed by atoms with van der Waals surface area (Å²) in [6, 6.07) is 0. The van der Waals surface area contributed by atoms with Crippen molar-refractivity contribution in [1.29, 1.82) is 0 Å². The molecule has 8 heavy (non-hydrogen) atoms. The number of ether oxygens (including phenoxy) is 1. The number of hydrogen-bond donors (Lipinski definition) is 4. The Bertz CT molecular complexity index is 114. The number of epoxide rings is 1. The van der Waals surface area contributed by atoms with Gasteiger partial charge in [0.1, 0.15) is 0 Å². The van der Waals surface area contributed by atoms with Crippen molar-refractivity contribution in [2.75, 3.05) is 6.54 Å². The summed E-state index contributed by atoms with van der Waals surface area (Å²) in [4.78, 5) is 0. The molecule has 1 saturated heterocycles. The molecule has 1 aliphatic rings. The van der Waals surface area contributed by atoms with Crippen LogP contribution in [0.5, 0.6) is 0 Å². The minimum atomic E-state index is -1.19. The second kappa shape index (κ2) is 1.20. The van der Waals surface area contributed by atoms with Crippen molar-refractivity contribution in [3.05, 3.63) is 0 Å². The second-order valence-corrected chi connectivity index (χ2v) is 1.99. The highest BCUT2D eigenvalue weighted by Gasteiger charge is 2.62. The Morgan fingerprint density at radius 1 is 1.25 bits per heavy atom. The molecule has 0 aromatic heterocycles. The van der Waals surface area contributed by atoms with Crippen LogP contribution in [-0.2, 0) is 4.74 Å². The summed E-state index contributed by atoms with van der Waals surface area (Å²) in [6.07, 6.45) is 0. The van der Waals surface area contributed by atoms with Crippen molar-refractivity contribution in [2.24, 2.45) is 22.9 Å². The Labute approximate surface area is 46.9 Å². The van der Waals surface area contributed by atoms with Crippen LogP contribution in [0, 0.1) is 0 Å². The van der Waals surface area contributed by atoms with E-state index in [1.165, 1.54) is 0 Å². The average Bonchev–Trinajstić information content (AvgIpc) is 2.10. The highest BCUT2D eigenvalue weighted by molar-refractivity contribution is 5.04. The van der Waals surface area contributed by atoms with Gasteiger partial charge in [-0.05, 0) is 0 Å². The quantitative estimate of drug-likeness (QED) is 0.219. The van der Waals surface area contributed by atoms with Crippen molar-refractivity contribution < 1.29 is 4.74 Å². The maximum Gasteiger partial charge on any atom is 0.217 e. The lowest BCUT2D eigenvalue weighted by molar-refractivity contribution is 0.271. The van der Waals surface area contributed by atoms with Gasteiger partial charge in [0.15, 0.2) is 5.72 Å². The first-order chi connectivity index (χ1) is 3.52. The van der Waals surface area contributed by atoms with Crippen molar-refractivity contribution in [3.63, 3.8) is 0 Å². The van der Waals surface area contributed by atoms with Gasteiger partial charge in [0.05, 0.1) is 0 Å². The summed E-state index contributed by atoms with van der Waals surface area (Å²) in [5.41, 5.74) is 19.9. The molecule has 0 aromatic carbocycles. The molecule has 0 radical (unpaired) electrons. The Morgan fingerprint density at radius 3 is 1.62 bits per heavy atom. The van der Waals surface area contributed by atoms with Crippen LogP contribution in [0.15, 0.2) is 0 Å². The zero-order valence-corrected chi connectivity index (χ0v) is 4.42. The third-order valence-corrected chi connectivity index (χ3v) is 1.27. The molecule has 1 atom stereocenters. The second-order valence-electron chi connectivity index (χ2n) is 1.99. The predicted octanol–water partition coefficient (Wildman–Crippen LogP) is -2.80. The van der Waals surface area contributed by atoms with Gasteiger partial charge in [-0.15, -0.1) is 0 Å². The van der Waals surface area contributed by atoms with Gasteiger partial charge in [0.2, 0.25) is 5.85 Å². The molecule has 5 heteroatoms. The van der Waals surface area contributed by atoms with Crippen molar-refractivity contribution in [2.45, 2.75) is 11.6 Å². The molecular formula is C3H10N4O. The van der Waals surface area contributed by atoms with E-state index in [0.717, 1.165) is 0 Å². The first-order valence-electron chi connectivity index (χ1n) is 2.29. The SMILES string of the molecule is NCC1(N)OC1(N)N. The summed E-state index contributed by atoms with van der Waals surface area (Å²) >= 11 is 0. The van der Waals surface area contributed by atoms with Crippen LogP contribution in [0.4, 0.5) is 0 Å². The minimum Gasteiger partial charge on any atom is -0.326 e. The molecule has 48 valence electrons. The van der Waals surface area contributed by atoms with Gasteiger partial charge in [0.25, 0.3) is 0 Å². The monoisotopic (exact) mass is 118 g/mol. The smallest absolute Gasteiger partial charge is 0.217 e. The molecule has 8 N–H and O–H groups in total. The molecule has 5 nitrogen and oxygen atoms in total. The molecule has 1 fully saturated rings. The molecule has 0 bridgehead atoms. The molecule has 1 unspecified atom stereocenters. The fourth-order valence-corrected chi connectivity index (χ4v) is 0.477. The largest absolute Gasteiger partial charge is 0.326 e. The van der Waals surface area contributed by atoms with E-state index in [9.17, 15) is 0 Å². The molecule has 0 spiro atoms. The number of hydrogen-bond acceptors (Lipinski definition) is 5. The zero-order valence-electron chi connectivity index (χ0n) is 4.42. The maximum absolute atomic E-state index is 5.33. The van der Waals surface area contributed by atoms with E-state index in [0.29, 0.717) is 0 Å². The first kappa shape index (κ1) is 5.93. The summed E-state index contributed by atoms with van der Waals surface area (Å²) in [5, 5.41) is 0. The maximum atomic E-state index is 5.33. The molecule has 1 heterocycles. The van der Waals surface area contributed by atoms with E-state index in [-0.39, 0.29) is 6.54 Å². The van der Waals surface area contributed by atoms with Crippen molar-refractivity contribution in [1.82, 2.24) is 0 Å². The molecule has 0 aliphatic carbocycles.